The molecule has 0 heterocycles. The molecule has 0 fully saturated rings. The Balaban J connectivity index is 1.98. The number of aryl methyl sites for hydroxylation is 1. The van der Waals surface area contributed by atoms with E-state index in [0.717, 1.165) is 40.3 Å². The van der Waals surface area contributed by atoms with Gasteiger partial charge in [0.2, 0.25) is 0 Å². The third kappa shape index (κ3) is 6.51. The monoisotopic (exact) mass is 462 g/mol. The molecule has 3 aromatic rings. The summed E-state index contributed by atoms with van der Waals surface area (Å²) in [6.07, 6.45) is 6.28. The number of carbonyl (C=O) groups is 2. The Bertz CT molecular complexity index is 1100. The van der Waals surface area contributed by atoms with Crippen molar-refractivity contribution in [2.75, 3.05) is 0 Å². The van der Waals surface area contributed by atoms with Crippen LogP contribution < -0.4 is 4.74 Å². The third-order valence-corrected chi connectivity index (χ3v) is 7.00. The summed E-state index contributed by atoms with van der Waals surface area (Å²) >= 11 is 0. The molecule has 0 amide bonds. The summed E-state index contributed by atoms with van der Waals surface area (Å²) in [6.45, 7) is 6.02. The first-order valence-corrected chi connectivity index (χ1v) is 12.8. The molecule has 0 aliphatic rings. The van der Waals surface area contributed by atoms with E-state index in [-0.39, 0.29) is 17.4 Å². The van der Waals surface area contributed by atoms with E-state index < -0.39 is 0 Å². The van der Waals surface area contributed by atoms with Crippen molar-refractivity contribution in [1.29, 1.82) is 0 Å². The van der Waals surface area contributed by atoms with Gasteiger partial charge in [0.05, 0.1) is 0 Å². The Kier molecular flexibility index (Phi) is 9.21. The molecule has 2 atom stereocenters. The van der Waals surface area contributed by atoms with E-state index in [2.05, 4.69) is 58.6 Å². The van der Waals surface area contributed by atoms with Gasteiger partial charge in [-0.2, -0.15) is 0 Å². The van der Waals surface area contributed by atoms with Crippen LogP contribution in [0.2, 0.25) is 0 Å². The lowest BCUT2D eigenvalue weighted by Gasteiger charge is -2.14. The minimum Gasteiger partial charge on any atom is -0.426 e. The van der Waals surface area contributed by atoms with E-state index in [1.54, 1.807) is 6.92 Å². The molecule has 2 unspecified atom stereocenters. The molecule has 0 saturated carbocycles. The van der Waals surface area contributed by atoms with Crippen LogP contribution in [0.5, 0.6) is 5.75 Å². The first-order chi connectivity index (χ1) is 16.0. The van der Waals surface area contributed by atoms with E-state index >= 15 is 0 Å². The average Bonchev–Trinajstić information content (AvgIpc) is 2.85. The topological polar surface area (TPSA) is 43.4 Å². The van der Waals surface area contributed by atoms with Gasteiger partial charge in [-0.05, 0) is 59.0 Å². The van der Waals surface area contributed by atoms with Crippen molar-refractivity contribution in [1.82, 2.24) is 0 Å². The molecule has 0 radical (unpaired) electrons. The second-order valence-corrected chi connectivity index (χ2v) is 9.43. The molecule has 33 heavy (non-hydrogen) atoms. The number of hydrogen-bond donors (Lipinski definition) is 0. The predicted molar refractivity (Wildman–Crippen MR) is 141 cm³/mol. The maximum atomic E-state index is 12.6. The molecule has 0 saturated heterocycles. The van der Waals surface area contributed by atoms with Gasteiger partial charge in [0.15, 0.2) is 0 Å². The van der Waals surface area contributed by atoms with Crippen molar-refractivity contribution in [2.24, 2.45) is 0 Å². The van der Waals surface area contributed by atoms with E-state index in [1.807, 2.05) is 19.1 Å². The van der Waals surface area contributed by atoms with Crippen molar-refractivity contribution in [3.63, 3.8) is 0 Å². The normalized spacial score (nSPS) is 12.0. The molecule has 0 N–H and O–H groups in total. The van der Waals surface area contributed by atoms with Crippen LogP contribution in [0.4, 0.5) is 0 Å². The molecular weight excluding hydrogens is 427 g/mol. The number of Topliss-reactive ketones (excluding diaryl/α,β-unsaturated/α-hetero) is 1. The number of unbranched alkanes of at least 4 members (excludes halogenated alkanes) is 2. The minimum atomic E-state index is -0.266. The third-order valence-electron chi connectivity index (χ3n) is 6.15. The van der Waals surface area contributed by atoms with Crippen LogP contribution in [0.15, 0.2) is 54.6 Å². The van der Waals surface area contributed by atoms with E-state index in [1.165, 1.54) is 24.8 Å². The Hall–Kier alpha value is -2.51. The summed E-state index contributed by atoms with van der Waals surface area (Å²) in [6, 6.07) is 18.7. The van der Waals surface area contributed by atoms with Crippen LogP contribution in [0.3, 0.4) is 0 Å². The quantitative estimate of drug-likeness (QED) is 0.130. The fourth-order valence-corrected chi connectivity index (χ4v) is 4.11. The number of ketones is 1. The van der Waals surface area contributed by atoms with E-state index in [0.29, 0.717) is 18.6 Å². The first kappa shape index (κ1) is 25.1. The largest absolute Gasteiger partial charge is 0.426 e. The summed E-state index contributed by atoms with van der Waals surface area (Å²) in [4.78, 5) is 24.6. The molecule has 3 aromatic carbocycles. The van der Waals surface area contributed by atoms with Crippen LogP contribution in [0, 0.1) is 0 Å². The summed E-state index contributed by atoms with van der Waals surface area (Å²) in [5.74, 6) is 0.479. The zero-order chi connectivity index (χ0) is 23.8. The highest BCUT2D eigenvalue weighted by molar-refractivity contribution is 7.19. The zero-order valence-corrected chi connectivity index (χ0v) is 21.2. The molecule has 4 heteroatoms. The maximum absolute atomic E-state index is 12.6. The van der Waals surface area contributed by atoms with Gasteiger partial charge in [0.1, 0.15) is 11.5 Å². The van der Waals surface area contributed by atoms with Gasteiger partial charge < -0.3 is 4.74 Å². The zero-order valence-electron chi connectivity index (χ0n) is 20.0. The van der Waals surface area contributed by atoms with Crippen molar-refractivity contribution < 1.29 is 14.3 Å². The molecule has 0 aromatic heterocycles. The van der Waals surface area contributed by atoms with Gasteiger partial charge in [0.25, 0.3) is 0 Å². The number of fused-ring (bicyclic) bond motifs is 1. The van der Waals surface area contributed by atoms with Crippen molar-refractivity contribution in [3.05, 3.63) is 65.7 Å². The molecule has 174 valence electrons. The molecule has 0 aliphatic carbocycles. The number of ether oxygens (including phenoxy) is 1. The Morgan fingerprint density at radius 1 is 0.879 bits per heavy atom. The lowest BCUT2D eigenvalue weighted by Crippen LogP contribution is -2.15. The van der Waals surface area contributed by atoms with Gasteiger partial charge >= 0.3 is 5.97 Å². The fourth-order valence-electron chi connectivity index (χ4n) is 3.99. The first-order valence-electron chi connectivity index (χ1n) is 12.1. The van der Waals surface area contributed by atoms with Crippen LogP contribution in [0.1, 0.15) is 64.0 Å². The van der Waals surface area contributed by atoms with E-state index in [4.69, 9.17) is 4.74 Å². The van der Waals surface area contributed by atoms with Crippen molar-refractivity contribution >= 4 is 31.8 Å². The van der Waals surface area contributed by atoms with Gasteiger partial charge in [-0.1, -0.05) is 76.1 Å². The molecule has 0 aliphatic heterocycles. The molecule has 0 bridgehead atoms. The number of esters is 1. The predicted octanol–water partition coefficient (Wildman–Crippen LogP) is 7.32. The molecule has 3 rings (SSSR count). The summed E-state index contributed by atoms with van der Waals surface area (Å²) in [5.41, 5.74) is 4.46. The maximum Gasteiger partial charge on any atom is 0.310 e. The second-order valence-electron chi connectivity index (χ2n) is 8.62. The van der Waals surface area contributed by atoms with Crippen LogP contribution in [0.25, 0.3) is 21.9 Å². The molecule has 0 spiro atoms. The van der Waals surface area contributed by atoms with Crippen LogP contribution in [-0.2, 0) is 22.4 Å². The van der Waals surface area contributed by atoms with Gasteiger partial charge in [0, 0.05) is 23.9 Å². The van der Waals surface area contributed by atoms with Crippen molar-refractivity contribution in [2.45, 2.75) is 71.4 Å². The number of hydrogen-bond acceptors (Lipinski definition) is 3. The van der Waals surface area contributed by atoms with Gasteiger partial charge in [-0.15, -0.1) is 9.24 Å². The summed E-state index contributed by atoms with van der Waals surface area (Å²) in [5, 5.41) is 1.82. The molecule has 3 nitrogen and oxygen atoms in total. The number of benzene rings is 3. The second kappa shape index (κ2) is 12.1. The highest BCUT2D eigenvalue weighted by atomic mass is 31.0. The lowest BCUT2D eigenvalue weighted by molar-refractivity contribution is -0.133. The Labute approximate surface area is 200 Å². The van der Waals surface area contributed by atoms with Crippen molar-refractivity contribution in [3.8, 4) is 16.9 Å². The van der Waals surface area contributed by atoms with Gasteiger partial charge in [-0.3, -0.25) is 9.59 Å². The average molecular weight is 463 g/mol. The number of rotatable bonds is 11. The highest BCUT2D eigenvalue weighted by Gasteiger charge is 2.16. The minimum absolute atomic E-state index is 0.0484. The molecular formula is C29H35O3P. The SMILES string of the molecule is CCCCCc1ccc(-c2ccc3c(CC(=O)C(P)CC)ccc(OC(=O)CC)c3c2)cc1. The fraction of sp³-hybridized carbons (Fsp3) is 0.379. The summed E-state index contributed by atoms with van der Waals surface area (Å²) in [7, 11) is 2.64. The lowest BCUT2D eigenvalue weighted by atomic mass is 9.94. The smallest absolute Gasteiger partial charge is 0.310 e. The van der Waals surface area contributed by atoms with E-state index in [9.17, 15) is 9.59 Å². The Morgan fingerprint density at radius 3 is 2.27 bits per heavy atom. The summed E-state index contributed by atoms with van der Waals surface area (Å²) < 4.78 is 5.64. The van der Waals surface area contributed by atoms with Crippen LogP contribution >= 0.6 is 9.24 Å². The van der Waals surface area contributed by atoms with Gasteiger partial charge in [-0.25, -0.2) is 0 Å². The Morgan fingerprint density at radius 2 is 1.61 bits per heavy atom. The number of carbonyl (C=O) groups excluding carboxylic acids is 2. The standard InChI is InChI=1S/C29H35O3P/c1-4-7-8-9-20-10-12-21(13-11-20)22-14-16-24-23(19-26(30)28(33)5-2)15-17-27(25(24)18-22)32-29(31)6-3/h10-18,28H,4-9,19,33H2,1-3H3. The highest BCUT2D eigenvalue weighted by Crippen LogP contribution is 2.34. The van der Waals surface area contributed by atoms with Crippen LogP contribution in [-0.4, -0.2) is 17.4 Å².